The third kappa shape index (κ3) is 4.73. The van der Waals surface area contributed by atoms with Gasteiger partial charge in [0.05, 0.1) is 0 Å². The molecule has 1 saturated heterocycles. The highest BCUT2D eigenvalue weighted by Crippen LogP contribution is 2.24. The third-order valence-corrected chi connectivity index (χ3v) is 3.97. The van der Waals surface area contributed by atoms with Crippen molar-refractivity contribution in [2.75, 3.05) is 19.6 Å². The maximum atomic E-state index is 12.3. The number of para-hydroxylation sites is 2. The van der Waals surface area contributed by atoms with Gasteiger partial charge >= 0.3 is 6.03 Å². The van der Waals surface area contributed by atoms with Crippen LogP contribution in [0.2, 0.25) is 0 Å². The fourth-order valence-corrected chi connectivity index (χ4v) is 2.62. The number of hydrogen-bond acceptors (Lipinski definition) is 3. The largest absolute Gasteiger partial charge is 0.457 e. The zero-order valence-electron chi connectivity index (χ0n) is 13.9. The van der Waals surface area contributed by atoms with Crippen LogP contribution in [0.5, 0.6) is 11.5 Å². The van der Waals surface area contributed by atoms with Crippen molar-refractivity contribution in [1.29, 1.82) is 0 Å². The lowest BCUT2D eigenvalue weighted by Gasteiger charge is -2.20. The van der Waals surface area contributed by atoms with Crippen molar-refractivity contribution in [3.05, 3.63) is 60.2 Å². The Morgan fingerprint density at radius 1 is 1.08 bits per heavy atom. The van der Waals surface area contributed by atoms with Gasteiger partial charge in [0.15, 0.2) is 0 Å². The number of carbonyl (C=O) groups is 2. The molecule has 1 heterocycles. The van der Waals surface area contributed by atoms with Crippen LogP contribution in [0.3, 0.4) is 0 Å². The van der Waals surface area contributed by atoms with Gasteiger partial charge in [-0.2, -0.15) is 0 Å². The molecule has 0 bridgehead atoms. The zero-order chi connectivity index (χ0) is 17.5. The molecule has 0 saturated carbocycles. The van der Waals surface area contributed by atoms with Crippen molar-refractivity contribution >= 4 is 11.9 Å². The average molecular weight is 339 g/mol. The maximum Gasteiger partial charge on any atom is 0.317 e. The van der Waals surface area contributed by atoms with Crippen LogP contribution < -0.4 is 15.4 Å². The van der Waals surface area contributed by atoms with Crippen molar-refractivity contribution in [2.45, 2.75) is 13.0 Å². The van der Waals surface area contributed by atoms with E-state index in [-0.39, 0.29) is 11.9 Å². The molecule has 0 aromatic heterocycles. The van der Waals surface area contributed by atoms with Crippen LogP contribution in [0.4, 0.5) is 4.79 Å². The molecule has 0 aliphatic carbocycles. The predicted molar refractivity (Wildman–Crippen MR) is 94.4 cm³/mol. The Bertz CT molecular complexity index is 734. The monoisotopic (exact) mass is 339 g/mol. The molecule has 1 aliphatic heterocycles. The molecular formula is C19H21N3O3. The number of rotatable bonds is 4. The van der Waals surface area contributed by atoms with Crippen molar-refractivity contribution < 1.29 is 14.3 Å². The van der Waals surface area contributed by atoms with Gasteiger partial charge in [0.2, 0.25) is 5.91 Å². The Balaban J connectivity index is 1.61. The van der Waals surface area contributed by atoms with Gasteiger partial charge < -0.3 is 20.3 Å². The number of nitrogens with one attached hydrogen (secondary N) is 2. The Morgan fingerprint density at radius 2 is 1.84 bits per heavy atom. The number of urea groups is 1. The van der Waals surface area contributed by atoms with E-state index in [1.165, 1.54) is 0 Å². The van der Waals surface area contributed by atoms with Gasteiger partial charge in [-0.15, -0.1) is 0 Å². The van der Waals surface area contributed by atoms with Crippen LogP contribution >= 0.6 is 0 Å². The summed E-state index contributed by atoms with van der Waals surface area (Å²) in [5.41, 5.74) is 0.892. The summed E-state index contributed by atoms with van der Waals surface area (Å²) in [5, 5.41) is 5.66. The minimum atomic E-state index is -0.175. The number of benzene rings is 2. The molecule has 6 nitrogen and oxygen atoms in total. The SMILES string of the molecule is O=C1CCN(C(=O)NCc2ccccc2Oc2ccccc2)CCN1. The molecule has 1 aliphatic rings. The second-order valence-electron chi connectivity index (χ2n) is 5.77. The first-order chi connectivity index (χ1) is 12.2. The molecular weight excluding hydrogens is 318 g/mol. The highest BCUT2D eigenvalue weighted by atomic mass is 16.5. The van der Waals surface area contributed by atoms with Gasteiger partial charge in [0, 0.05) is 38.2 Å². The Hall–Kier alpha value is -3.02. The molecule has 25 heavy (non-hydrogen) atoms. The summed E-state index contributed by atoms with van der Waals surface area (Å²) in [7, 11) is 0. The standard InChI is InChI=1S/C19H21N3O3/c23-18-10-12-22(13-11-20-18)19(24)21-14-15-6-4-5-9-17(15)25-16-7-2-1-3-8-16/h1-9H,10-14H2,(H,20,23)(H,21,24). The van der Waals surface area contributed by atoms with Gasteiger partial charge in [-0.25, -0.2) is 4.79 Å². The first kappa shape index (κ1) is 16.8. The number of ether oxygens (including phenoxy) is 1. The summed E-state index contributed by atoms with van der Waals surface area (Å²) in [6.07, 6.45) is 0.334. The molecule has 6 heteroatoms. The molecule has 3 amide bonds. The highest BCUT2D eigenvalue weighted by Gasteiger charge is 2.18. The quantitative estimate of drug-likeness (QED) is 0.899. The summed E-state index contributed by atoms with van der Waals surface area (Å²) >= 11 is 0. The Morgan fingerprint density at radius 3 is 2.68 bits per heavy atom. The van der Waals surface area contributed by atoms with Gasteiger partial charge in [-0.05, 0) is 18.2 Å². The van der Waals surface area contributed by atoms with Gasteiger partial charge in [-0.3, -0.25) is 4.79 Å². The molecule has 2 N–H and O–H groups in total. The van der Waals surface area contributed by atoms with Gasteiger partial charge in [0.25, 0.3) is 0 Å². The predicted octanol–water partition coefficient (Wildman–Crippen LogP) is 2.51. The Labute approximate surface area is 146 Å². The topological polar surface area (TPSA) is 70.7 Å². The van der Waals surface area contributed by atoms with Crippen LogP contribution in [0.25, 0.3) is 0 Å². The summed E-state index contributed by atoms with van der Waals surface area (Å²) in [5.74, 6) is 1.44. The van der Waals surface area contributed by atoms with E-state index in [0.717, 1.165) is 11.3 Å². The summed E-state index contributed by atoms with van der Waals surface area (Å²) in [4.78, 5) is 25.3. The van der Waals surface area contributed by atoms with E-state index in [0.29, 0.717) is 38.3 Å². The van der Waals surface area contributed by atoms with E-state index >= 15 is 0 Å². The van der Waals surface area contributed by atoms with Crippen molar-refractivity contribution in [2.24, 2.45) is 0 Å². The molecule has 0 radical (unpaired) electrons. The molecule has 1 fully saturated rings. The molecule has 130 valence electrons. The number of carbonyl (C=O) groups excluding carboxylic acids is 2. The van der Waals surface area contributed by atoms with Crippen LogP contribution in [-0.4, -0.2) is 36.5 Å². The van der Waals surface area contributed by atoms with E-state index in [4.69, 9.17) is 4.74 Å². The third-order valence-electron chi connectivity index (χ3n) is 3.97. The van der Waals surface area contributed by atoms with Crippen molar-refractivity contribution in [1.82, 2.24) is 15.5 Å². The minimum absolute atomic E-state index is 0.0168. The molecule has 2 aromatic carbocycles. The van der Waals surface area contributed by atoms with Crippen LogP contribution in [0.15, 0.2) is 54.6 Å². The van der Waals surface area contributed by atoms with E-state index in [1.807, 2.05) is 54.6 Å². The number of nitrogens with zero attached hydrogens (tertiary/aromatic N) is 1. The Kier molecular flexibility index (Phi) is 5.51. The lowest BCUT2D eigenvalue weighted by Crippen LogP contribution is -2.41. The zero-order valence-corrected chi connectivity index (χ0v) is 13.9. The average Bonchev–Trinajstić information content (AvgIpc) is 2.86. The first-order valence-corrected chi connectivity index (χ1v) is 8.32. The van der Waals surface area contributed by atoms with E-state index in [9.17, 15) is 9.59 Å². The van der Waals surface area contributed by atoms with Gasteiger partial charge in [0.1, 0.15) is 11.5 Å². The fourth-order valence-electron chi connectivity index (χ4n) is 2.62. The van der Waals surface area contributed by atoms with E-state index < -0.39 is 0 Å². The van der Waals surface area contributed by atoms with Gasteiger partial charge in [-0.1, -0.05) is 36.4 Å². The lowest BCUT2D eigenvalue weighted by atomic mass is 10.2. The fraction of sp³-hybridized carbons (Fsp3) is 0.263. The second-order valence-corrected chi connectivity index (χ2v) is 5.77. The molecule has 2 aromatic rings. The maximum absolute atomic E-state index is 12.3. The highest BCUT2D eigenvalue weighted by molar-refractivity contribution is 5.79. The molecule has 0 spiro atoms. The number of hydrogen-bond donors (Lipinski definition) is 2. The van der Waals surface area contributed by atoms with Crippen LogP contribution in [0, 0.1) is 0 Å². The minimum Gasteiger partial charge on any atom is -0.457 e. The van der Waals surface area contributed by atoms with Crippen molar-refractivity contribution in [3.63, 3.8) is 0 Å². The van der Waals surface area contributed by atoms with Crippen LogP contribution in [0.1, 0.15) is 12.0 Å². The summed E-state index contributed by atoms with van der Waals surface area (Å²) in [6.45, 7) is 1.79. The lowest BCUT2D eigenvalue weighted by molar-refractivity contribution is -0.120. The normalized spacial score (nSPS) is 14.4. The molecule has 0 atom stereocenters. The summed E-state index contributed by atoms with van der Waals surface area (Å²) < 4.78 is 5.90. The number of amides is 3. The first-order valence-electron chi connectivity index (χ1n) is 8.32. The molecule has 0 unspecified atom stereocenters. The van der Waals surface area contributed by atoms with E-state index in [1.54, 1.807) is 4.90 Å². The second kappa shape index (κ2) is 8.19. The molecule has 3 rings (SSSR count). The van der Waals surface area contributed by atoms with Crippen molar-refractivity contribution in [3.8, 4) is 11.5 Å². The van der Waals surface area contributed by atoms with Crippen LogP contribution in [-0.2, 0) is 11.3 Å². The summed E-state index contributed by atoms with van der Waals surface area (Å²) in [6, 6.07) is 17.0. The van der Waals surface area contributed by atoms with E-state index in [2.05, 4.69) is 10.6 Å². The smallest absolute Gasteiger partial charge is 0.317 e.